The van der Waals surface area contributed by atoms with Crippen molar-refractivity contribution in [2.45, 2.75) is 46.5 Å². The quantitative estimate of drug-likeness (QED) is 0.706. The van der Waals surface area contributed by atoms with Crippen LogP contribution in [-0.4, -0.2) is 30.5 Å². The Balaban J connectivity index is 2.90. The van der Waals surface area contributed by atoms with Gasteiger partial charge in [0.15, 0.2) is 0 Å². The highest BCUT2D eigenvalue weighted by Gasteiger charge is 2.16. The highest BCUT2D eigenvalue weighted by Crippen LogP contribution is 2.20. The lowest BCUT2D eigenvalue weighted by atomic mass is 10.1. The number of nitrogens with zero attached hydrogens (tertiary/aromatic N) is 1. The Morgan fingerprint density at radius 3 is 2.24 bits per heavy atom. The summed E-state index contributed by atoms with van der Waals surface area (Å²) in [5.74, 6) is 0.705. The van der Waals surface area contributed by atoms with Gasteiger partial charge in [-0.1, -0.05) is 26.7 Å². The van der Waals surface area contributed by atoms with Crippen LogP contribution in [0.25, 0.3) is 0 Å². The Bertz CT molecular complexity index is 438. The maximum absolute atomic E-state index is 12.7. The maximum Gasteiger partial charge on any atom is 0.254 e. The molecule has 2 N–H and O–H groups in total. The molecule has 1 aromatic carbocycles. The van der Waals surface area contributed by atoms with Crippen LogP contribution in [0.1, 0.15) is 56.8 Å². The Labute approximate surface area is 128 Å². The molecule has 0 aliphatic carbocycles. The van der Waals surface area contributed by atoms with E-state index in [9.17, 15) is 4.79 Å². The van der Waals surface area contributed by atoms with Gasteiger partial charge >= 0.3 is 0 Å². The zero-order valence-electron chi connectivity index (χ0n) is 13.5. The van der Waals surface area contributed by atoms with Gasteiger partial charge in [0.25, 0.3) is 5.91 Å². The third-order valence-corrected chi connectivity index (χ3v) is 3.34. The van der Waals surface area contributed by atoms with Crippen LogP contribution in [0.15, 0.2) is 18.2 Å². The number of ether oxygens (including phenoxy) is 1. The number of rotatable bonds is 9. The Morgan fingerprint density at radius 2 is 1.71 bits per heavy atom. The third-order valence-electron chi connectivity index (χ3n) is 3.34. The Hall–Kier alpha value is -1.71. The molecule has 0 bridgehead atoms. The monoisotopic (exact) mass is 292 g/mol. The molecule has 0 spiro atoms. The molecule has 1 rings (SSSR count). The van der Waals surface area contributed by atoms with Crippen LogP contribution in [-0.2, 0) is 0 Å². The van der Waals surface area contributed by atoms with E-state index in [0.717, 1.165) is 38.8 Å². The summed E-state index contributed by atoms with van der Waals surface area (Å²) in [6.45, 7) is 8.35. The number of hydrogen-bond acceptors (Lipinski definition) is 3. The predicted octanol–water partition coefficient (Wildman–Crippen LogP) is 3.71. The normalized spacial score (nSPS) is 10.4. The van der Waals surface area contributed by atoms with Gasteiger partial charge in [-0.2, -0.15) is 0 Å². The zero-order valence-corrected chi connectivity index (χ0v) is 13.5. The summed E-state index contributed by atoms with van der Waals surface area (Å²) in [6, 6.07) is 5.27. The van der Waals surface area contributed by atoms with Crippen LogP contribution in [0, 0.1) is 0 Å². The van der Waals surface area contributed by atoms with Crippen LogP contribution < -0.4 is 10.5 Å². The molecule has 0 fully saturated rings. The highest BCUT2D eigenvalue weighted by molar-refractivity contribution is 5.95. The highest BCUT2D eigenvalue weighted by atomic mass is 16.5. The number of hydrogen-bond donors (Lipinski definition) is 1. The van der Waals surface area contributed by atoms with E-state index in [0.29, 0.717) is 23.6 Å². The summed E-state index contributed by atoms with van der Waals surface area (Å²) < 4.78 is 5.47. The molecule has 21 heavy (non-hydrogen) atoms. The molecule has 0 aliphatic heterocycles. The molecule has 0 aliphatic rings. The first-order valence-electron chi connectivity index (χ1n) is 7.95. The number of nitrogen functional groups attached to an aromatic ring is 1. The predicted molar refractivity (Wildman–Crippen MR) is 87.7 cm³/mol. The third kappa shape index (κ3) is 5.66. The second-order valence-corrected chi connectivity index (χ2v) is 5.22. The fraction of sp³-hybridized carbons (Fsp3) is 0.588. The topological polar surface area (TPSA) is 55.6 Å². The van der Waals surface area contributed by atoms with Crippen molar-refractivity contribution in [3.8, 4) is 5.75 Å². The fourth-order valence-corrected chi connectivity index (χ4v) is 2.19. The van der Waals surface area contributed by atoms with E-state index in [4.69, 9.17) is 10.5 Å². The molecule has 0 radical (unpaired) electrons. The lowest BCUT2D eigenvalue weighted by molar-refractivity contribution is 0.0750. The Kier molecular flexibility index (Phi) is 7.65. The van der Waals surface area contributed by atoms with Crippen molar-refractivity contribution in [2.75, 3.05) is 25.4 Å². The maximum atomic E-state index is 12.7. The van der Waals surface area contributed by atoms with Gasteiger partial charge < -0.3 is 15.4 Å². The molecule has 4 heteroatoms. The van der Waals surface area contributed by atoms with Gasteiger partial charge in [0.2, 0.25) is 0 Å². The SMILES string of the molecule is CCCCN(CCCC)C(=O)c1cc(N)cc(OCC)c1. The molecule has 1 amide bonds. The summed E-state index contributed by atoms with van der Waals surface area (Å²) in [5, 5.41) is 0. The van der Waals surface area contributed by atoms with Gasteiger partial charge in [-0.15, -0.1) is 0 Å². The van der Waals surface area contributed by atoms with Crippen LogP contribution in [0.5, 0.6) is 5.75 Å². The number of anilines is 1. The summed E-state index contributed by atoms with van der Waals surface area (Å²) in [7, 11) is 0. The van der Waals surface area contributed by atoms with Gasteiger partial charge in [-0.3, -0.25) is 4.79 Å². The van der Waals surface area contributed by atoms with Crippen LogP contribution >= 0.6 is 0 Å². The van der Waals surface area contributed by atoms with Crippen molar-refractivity contribution >= 4 is 11.6 Å². The van der Waals surface area contributed by atoms with Crippen LogP contribution in [0.2, 0.25) is 0 Å². The minimum Gasteiger partial charge on any atom is -0.494 e. The zero-order chi connectivity index (χ0) is 15.7. The lowest BCUT2D eigenvalue weighted by Gasteiger charge is -2.23. The number of benzene rings is 1. The van der Waals surface area contributed by atoms with E-state index >= 15 is 0 Å². The largest absolute Gasteiger partial charge is 0.494 e. The summed E-state index contributed by atoms with van der Waals surface area (Å²) in [5.41, 5.74) is 7.06. The first kappa shape index (κ1) is 17.3. The summed E-state index contributed by atoms with van der Waals surface area (Å²) in [4.78, 5) is 14.6. The number of carbonyl (C=O) groups excluding carboxylic acids is 1. The summed E-state index contributed by atoms with van der Waals surface area (Å²) >= 11 is 0. The molecule has 0 unspecified atom stereocenters. The second kappa shape index (κ2) is 9.27. The standard InChI is InChI=1S/C17H28N2O2/c1-4-7-9-19(10-8-5-2)17(20)14-11-15(18)13-16(12-14)21-6-3/h11-13H,4-10,18H2,1-3H3. The molecular weight excluding hydrogens is 264 g/mol. The van der Waals surface area contributed by atoms with E-state index in [2.05, 4.69) is 13.8 Å². The fourth-order valence-electron chi connectivity index (χ4n) is 2.19. The molecule has 4 nitrogen and oxygen atoms in total. The molecule has 0 saturated heterocycles. The van der Waals surface area contributed by atoms with Crippen molar-refractivity contribution in [2.24, 2.45) is 0 Å². The first-order chi connectivity index (χ1) is 10.1. The van der Waals surface area contributed by atoms with Crippen LogP contribution in [0.3, 0.4) is 0 Å². The molecule has 0 saturated carbocycles. The molecule has 0 heterocycles. The van der Waals surface area contributed by atoms with E-state index in [1.165, 1.54) is 0 Å². The van der Waals surface area contributed by atoms with E-state index < -0.39 is 0 Å². The molecular formula is C17H28N2O2. The van der Waals surface area contributed by atoms with Gasteiger partial charge in [0.1, 0.15) is 5.75 Å². The molecule has 0 atom stereocenters. The minimum atomic E-state index is 0.0464. The van der Waals surface area contributed by atoms with Crippen molar-refractivity contribution in [1.29, 1.82) is 0 Å². The number of carbonyl (C=O) groups is 1. The van der Waals surface area contributed by atoms with E-state index in [1.807, 2.05) is 11.8 Å². The average Bonchev–Trinajstić information content (AvgIpc) is 2.46. The van der Waals surface area contributed by atoms with Crippen molar-refractivity contribution in [3.05, 3.63) is 23.8 Å². The van der Waals surface area contributed by atoms with Crippen molar-refractivity contribution < 1.29 is 9.53 Å². The molecule has 0 aromatic heterocycles. The molecule has 1 aromatic rings. The van der Waals surface area contributed by atoms with Gasteiger partial charge in [-0.25, -0.2) is 0 Å². The van der Waals surface area contributed by atoms with Crippen LogP contribution in [0.4, 0.5) is 5.69 Å². The minimum absolute atomic E-state index is 0.0464. The van der Waals surface area contributed by atoms with E-state index in [-0.39, 0.29) is 5.91 Å². The average molecular weight is 292 g/mol. The first-order valence-corrected chi connectivity index (χ1v) is 7.95. The van der Waals surface area contributed by atoms with Gasteiger partial charge in [-0.05, 0) is 31.9 Å². The van der Waals surface area contributed by atoms with Gasteiger partial charge in [0.05, 0.1) is 6.61 Å². The number of nitrogens with two attached hydrogens (primary N) is 1. The Morgan fingerprint density at radius 1 is 1.10 bits per heavy atom. The summed E-state index contributed by atoms with van der Waals surface area (Å²) in [6.07, 6.45) is 4.21. The van der Waals surface area contributed by atoms with Crippen molar-refractivity contribution in [1.82, 2.24) is 4.90 Å². The second-order valence-electron chi connectivity index (χ2n) is 5.22. The number of amides is 1. The molecule has 118 valence electrons. The lowest BCUT2D eigenvalue weighted by Crippen LogP contribution is -2.33. The smallest absolute Gasteiger partial charge is 0.254 e. The van der Waals surface area contributed by atoms with E-state index in [1.54, 1.807) is 18.2 Å². The van der Waals surface area contributed by atoms with Gasteiger partial charge in [0, 0.05) is 30.4 Å². The number of unbranched alkanes of at least 4 members (excludes halogenated alkanes) is 2. The van der Waals surface area contributed by atoms with Crippen molar-refractivity contribution in [3.63, 3.8) is 0 Å².